The van der Waals surface area contributed by atoms with Gasteiger partial charge in [0.05, 0.1) is 12.3 Å². The van der Waals surface area contributed by atoms with Crippen molar-refractivity contribution in [1.29, 1.82) is 0 Å². The fraction of sp³-hybridized carbons (Fsp3) is 0.600. The summed E-state index contributed by atoms with van der Waals surface area (Å²) in [6.45, 7) is 5.57. The summed E-state index contributed by atoms with van der Waals surface area (Å²) in [5.74, 6) is 2.17. The van der Waals surface area contributed by atoms with Crippen molar-refractivity contribution in [3.05, 3.63) is 23.8 Å². The van der Waals surface area contributed by atoms with Crippen molar-refractivity contribution in [1.82, 2.24) is 0 Å². The number of nitrogens with one attached hydrogen (secondary N) is 1. The van der Waals surface area contributed by atoms with E-state index in [1.165, 1.54) is 17.7 Å². The molecule has 1 aromatic carbocycles. The van der Waals surface area contributed by atoms with Crippen LogP contribution in [0.1, 0.15) is 18.9 Å². The molecule has 1 aliphatic rings. The minimum Gasteiger partial charge on any atom is -0.489 e. The Labute approximate surface area is 120 Å². The van der Waals surface area contributed by atoms with Crippen molar-refractivity contribution in [3.63, 3.8) is 0 Å². The van der Waals surface area contributed by atoms with Crippen LogP contribution in [0.15, 0.2) is 18.2 Å². The molecule has 1 aromatic rings. The molecule has 106 valence electrons. The van der Waals surface area contributed by atoms with Gasteiger partial charge >= 0.3 is 0 Å². The van der Waals surface area contributed by atoms with E-state index in [0.29, 0.717) is 24.5 Å². The third kappa shape index (κ3) is 4.05. The standard InChI is InChI=1S/C15H23NO2S/c1-11-4-5-14(15(10-11)18-8-7-17-3)16-13-6-9-19-12(13)2/h4-5,10,12-13,16H,6-9H2,1-3H3. The van der Waals surface area contributed by atoms with E-state index in [9.17, 15) is 0 Å². The van der Waals surface area contributed by atoms with Crippen LogP contribution in [0, 0.1) is 6.92 Å². The summed E-state index contributed by atoms with van der Waals surface area (Å²) >= 11 is 2.03. The molecule has 0 radical (unpaired) electrons. The molecular formula is C15H23NO2S. The zero-order chi connectivity index (χ0) is 13.7. The lowest BCUT2D eigenvalue weighted by atomic mass is 10.1. The van der Waals surface area contributed by atoms with Crippen LogP contribution in [0.4, 0.5) is 5.69 Å². The number of thioether (sulfide) groups is 1. The van der Waals surface area contributed by atoms with Gasteiger partial charge in [-0.3, -0.25) is 0 Å². The predicted molar refractivity (Wildman–Crippen MR) is 82.5 cm³/mol. The number of anilines is 1. The lowest BCUT2D eigenvalue weighted by Gasteiger charge is -2.20. The third-order valence-electron chi connectivity index (χ3n) is 3.40. The van der Waals surface area contributed by atoms with Crippen molar-refractivity contribution < 1.29 is 9.47 Å². The Morgan fingerprint density at radius 3 is 2.89 bits per heavy atom. The van der Waals surface area contributed by atoms with E-state index in [2.05, 4.69) is 37.4 Å². The van der Waals surface area contributed by atoms with Crippen molar-refractivity contribution in [2.24, 2.45) is 0 Å². The van der Waals surface area contributed by atoms with Crippen LogP contribution >= 0.6 is 11.8 Å². The molecule has 0 spiro atoms. The first-order chi connectivity index (χ1) is 9.20. The lowest BCUT2D eigenvalue weighted by molar-refractivity contribution is 0.146. The predicted octanol–water partition coefficient (Wildman–Crippen LogP) is 3.33. The molecule has 0 bridgehead atoms. The second-order valence-electron chi connectivity index (χ2n) is 4.96. The van der Waals surface area contributed by atoms with E-state index in [1.54, 1.807) is 7.11 Å². The van der Waals surface area contributed by atoms with E-state index in [4.69, 9.17) is 9.47 Å². The first-order valence-electron chi connectivity index (χ1n) is 6.81. The second kappa shape index (κ2) is 7.06. The van der Waals surface area contributed by atoms with Crippen LogP contribution in [-0.4, -0.2) is 37.4 Å². The fourth-order valence-electron chi connectivity index (χ4n) is 2.22. The molecule has 0 amide bonds. The zero-order valence-corrected chi connectivity index (χ0v) is 12.8. The molecule has 0 saturated carbocycles. The maximum atomic E-state index is 5.81. The maximum Gasteiger partial charge on any atom is 0.142 e. The van der Waals surface area contributed by atoms with Gasteiger partial charge in [-0.05, 0) is 36.8 Å². The van der Waals surface area contributed by atoms with E-state index in [1.807, 2.05) is 11.8 Å². The van der Waals surface area contributed by atoms with E-state index in [-0.39, 0.29) is 0 Å². The molecule has 2 rings (SSSR count). The number of hydrogen-bond donors (Lipinski definition) is 1. The molecule has 2 atom stereocenters. The third-order valence-corrected chi connectivity index (χ3v) is 4.72. The normalized spacial score (nSPS) is 22.5. The topological polar surface area (TPSA) is 30.5 Å². The Kier molecular flexibility index (Phi) is 5.40. The molecule has 4 heteroatoms. The Bertz CT molecular complexity index is 411. The Morgan fingerprint density at radius 1 is 1.37 bits per heavy atom. The highest BCUT2D eigenvalue weighted by atomic mass is 32.2. The molecular weight excluding hydrogens is 258 g/mol. The summed E-state index contributed by atoms with van der Waals surface area (Å²) in [6, 6.07) is 6.87. The summed E-state index contributed by atoms with van der Waals surface area (Å²) in [4.78, 5) is 0. The van der Waals surface area contributed by atoms with Crippen LogP contribution in [0.2, 0.25) is 0 Å². The van der Waals surface area contributed by atoms with Crippen molar-refractivity contribution in [2.75, 3.05) is 31.4 Å². The minimum atomic E-state index is 0.539. The van der Waals surface area contributed by atoms with Gasteiger partial charge in [0.25, 0.3) is 0 Å². The van der Waals surface area contributed by atoms with Crippen LogP contribution in [-0.2, 0) is 4.74 Å². The Hall–Kier alpha value is -0.870. The van der Waals surface area contributed by atoms with Gasteiger partial charge in [-0.25, -0.2) is 0 Å². The monoisotopic (exact) mass is 281 g/mol. The summed E-state index contributed by atoms with van der Waals surface area (Å²) in [7, 11) is 1.69. The number of aryl methyl sites for hydroxylation is 1. The molecule has 0 aromatic heterocycles. The SMILES string of the molecule is COCCOc1cc(C)ccc1NC1CCSC1C. The van der Waals surface area contributed by atoms with Crippen LogP contribution in [0.5, 0.6) is 5.75 Å². The number of methoxy groups -OCH3 is 1. The van der Waals surface area contributed by atoms with Crippen molar-refractivity contribution in [2.45, 2.75) is 31.6 Å². The summed E-state index contributed by atoms with van der Waals surface area (Å²) < 4.78 is 10.8. The number of benzene rings is 1. The average molecular weight is 281 g/mol. The van der Waals surface area contributed by atoms with Gasteiger partial charge in [-0.15, -0.1) is 0 Å². The minimum absolute atomic E-state index is 0.539. The molecule has 2 unspecified atom stereocenters. The van der Waals surface area contributed by atoms with Gasteiger partial charge in [0, 0.05) is 18.4 Å². The number of hydrogen-bond acceptors (Lipinski definition) is 4. The summed E-state index contributed by atoms with van der Waals surface area (Å²) in [6.07, 6.45) is 1.22. The van der Waals surface area contributed by atoms with Gasteiger partial charge in [-0.1, -0.05) is 13.0 Å². The van der Waals surface area contributed by atoms with Gasteiger partial charge in [0.2, 0.25) is 0 Å². The highest BCUT2D eigenvalue weighted by Gasteiger charge is 2.24. The van der Waals surface area contributed by atoms with Crippen LogP contribution in [0.3, 0.4) is 0 Å². The quantitative estimate of drug-likeness (QED) is 0.810. The molecule has 1 heterocycles. The van der Waals surface area contributed by atoms with E-state index < -0.39 is 0 Å². The molecule has 1 fully saturated rings. The van der Waals surface area contributed by atoms with Gasteiger partial charge < -0.3 is 14.8 Å². The highest BCUT2D eigenvalue weighted by Crippen LogP contribution is 2.32. The average Bonchev–Trinajstić information content (AvgIpc) is 2.78. The zero-order valence-electron chi connectivity index (χ0n) is 11.9. The van der Waals surface area contributed by atoms with Gasteiger partial charge in [0.1, 0.15) is 12.4 Å². The Balaban J connectivity index is 2.05. The van der Waals surface area contributed by atoms with Gasteiger partial charge in [-0.2, -0.15) is 11.8 Å². The summed E-state index contributed by atoms with van der Waals surface area (Å²) in [5, 5.41) is 4.29. The lowest BCUT2D eigenvalue weighted by Crippen LogP contribution is -2.25. The van der Waals surface area contributed by atoms with Gasteiger partial charge in [0.15, 0.2) is 0 Å². The van der Waals surface area contributed by atoms with E-state index >= 15 is 0 Å². The van der Waals surface area contributed by atoms with E-state index in [0.717, 1.165) is 11.4 Å². The van der Waals surface area contributed by atoms with Crippen LogP contribution in [0.25, 0.3) is 0 Å². The number of ether oxygens (including phenoxy) is 2. The molecule has 1 N–H and O–H groups in total. The molecule has 19 heavy (non-hydrogen) atoms. The first-order valence-corrected chi connectivity index (χ1v) is 7.86. The van der Waals surface area contributed by atoms with Crippen molar-refractivity contribution >= 4 is 17.4 Å². The summed E-state index contributed by atoms with van der Waals surface area (Å²) in [5.41, 5.74) is 2.31. The molecule has 3 nitrogen and oxygen atoms in total. The first kappa shape index (κ1) is 14.5. The van der Waals surface area contributed by atoms with Crippen molar-refractivity contribution in [3.8, 4) is 5.75 Å². The van der Waals surface area contributed by atoms with Crippen LogP contribution < -0.4 is 10.1 Å². The largest absolute Gasteiger partial charge is 0.489 e. The highest BCUT2D eigenvalue weighted by molar-refractivity contribution is 8.00. The fourth-order valence-corrected chi connectivity index (χ4v) is 3.42. The molecule has 0 aliphatic carbocycles. The molecule has 1 saturated heterocycles. The maximum absolute atomic E-state index is 5.81. The molecule has 1 aliphatic heterocycles. The smallest absolute Gasteiger partial charge is 0.142 e. The number of rotatable bonds is 6. The Morgan fingerprint density at radius 2 is 2.21 bits per heavy atom. The second-order valence-corrected chi connectivity index (χ2v) is 6.44.